The van der Waals surface area contributed by atoms with E-state index < -0.39 is 22.3 Å². The number of nitrogens with one attached hydrogen (secondary N) is 2. The molecule has 0 heterocycles. The highest BCUT2D eigenvalue weighted by Gasteiger charge is 2.18. The number of nitro benzene ring substituents is 1. The summed E-state index contributed by atoms with van der Waals surface area (Å²) >= 11 is 4.93. The van der Waals surface area contributed by atoms with Crippen LogP contribution in [0.1, 0.15) is 15.9 Å². The summed E-state index contributed by atoms with van der Waals surface area (Å²) in [6, 6.07) is 10.4. The first kappa shape index (κ1) is 16.5. The van der Waals surface area contributed by atoms with Crippen molar-refractivity contribution in [1.29, 1.82) is 0 Å². The van der Waals surface area contributed by atoms with Gasteiger partial charge in [0.1, 0.15) is 0 Å². The Hall–Kier alpha value is -2.87. The van der Waals surface area contributed by atoms with Crippen molar-refractivity contribution in [2.75, 3.05) is 5.32 Å². The molecular formula is C15H12FN3O3S. The van der Waals surface area contributed by atoms with E-state index in [-0.39, 0.29) is 10.8 Å². The Morgan fingerprint density at radius 2 is 1.87 bits per heavy atom. The summed E-state index contributed by atoms with van der Waals surface area (Å²) in [4.78, 5) is 21.8. The molecule has 0 aromatic heterocycles. The number of aryl methyl sites for hydroxylation is 1. The van der Waals surface area contributed by atoms with Crippen molar-refractivity contribution in [2.24, 2.45) is 0 Å². The van der Waals surface area contributed by atoms with E-state index in [0.29, 0.717) is 5.56 Å². The maximum atomic E-state index is 13.9. The SMILES string of the molecule is Cc1ccc(C(=O)NC(=S)Nc2cccc([N+](=O)[O-])c2F)cc1. The second kappa shape index (κ2) is 6.93. The minimum absolute atomic E-state index is 0.157. The first-order chi connectivity index (χ1) is 10.9. The van der Waals surface area contributed by atoms with Crippen LogP contribution in [0.15, 0.2) is 42.5 Å². The van der Waals surface area contributed by atoms with Gasteiger partial charge in [0.05, 0.1) is 10.6 Å². The van der Waals surface area contributed by atoms with Crippen LogP contribution in [0.3, 0.4) is 0 Å². The van der Waals surface area contributed by atoms with Gasteiger partial charge in [-0.3, -0.25) is 20.2 Å². The van der Waals surface area contributed by atoms with E-state index in [2.05, 4.69) is 10.6 Å². The zero-order valence-electron chi connectivity index (χ0n) is 12.0. The smallest absolute Gasteiger partial charge is 0.306 e. The molecule has 0 spiro atoms. The van der Waals surface area contributed by atoms with Gasteiger partial charge in [-0.25, -0.2) is 0 Å². The van der Waals surface area contributed by atoms with Crippen molar-refractivity contribution in [3.8, 4) is 0 Å². The molecule has 2 N–H and O–H groups in total. The van der Waals surface area contributed by atoms with Crippen LogP contribution in [0, 0.1) is 22.9 Å². The van der Waals surface area contributed by atoms with Gasteiger partial charge in [0.15, 0.2) is 5.11 Å². The van der Waals surface area contributed by atoms with Crippen molar-refractivity contribution in [2.45, 2.75) is 6.92 Å². The number of nitro groups is 1. The summed E-state index contributed by atoms with van der Waals surface area (Å²) in [6.07, 6.45) is 0. The number of carbonyl (C=O) groups is 1. The number of anilines is 1. The molecule has 0 unspecified atom stereocenters. The molecule has 1 amide bonds. The lowest BCUT2D eigenvalue weighted by Crippen LogP contribution is -2.34. The number of thiocarbonyl (C=S) groups is 1. The van der Waals surface area contributed by atoms with Gasteiger partial charge in [-0.05, 0) is 37.3 Å². The Kier molecular flexibility index (Phi) is 4.97. The van der Waals surface area contributed by atoms with E-state index in [1.165, 1.54) is 12.1 Å². The molecule has 0 aliphatic rings. The fourth-order valence-electron chi connectivity index (χ4n) is 1.79. The summed E-state index contributed by atoms with van der Waals surface area (Å²) in [5, 5.41) is 15.4. The van der Waals surface area contributed by atoms with Gasteiger partial charge in [0.25, 0.3) is 5.91 Å². The number of halogens is 1. The standard InChI is InChI=1S/C15H12FN3O3S/c1-9-5-7-10(8-6-9)14(20)18-15(23)17-11-3-2-4-12(13(11)16)19(21)22/h2-8H,1H3,(H2,17,18,20,23). The average Bonchev–Trinajstić information content (AvgIpc) is 2.49. The molecule has 6 nitrogen and oxygen atoms in total. The lowest BCUT2D eigenvalue weighted by atomic mass is 10.1. The van der Waals surface area contributed by atoms with E-state index in [9.17, 15) is 19.3 Å². The zero-order chi connectivity index (χ0) is 17.0. The highest BCUT2D eigenvalue weighted by Crippen LogP contribution is 2.23. The second-order valence-electron chi connectivity index (χ2n) is 4.67. The maximum Gasteiger partial charge on any atom is 0.306 e. The first-order valence-electron chi connectivity index (χ1n) is 6.50. The zero-order valence-corrected chi connectivity index (χ0v) is 12.8. The molecule has 0 saturated carbocycles. The first-order valence-corrected chi connectivity index (χ1v) is 6.91. The van der Waals surface area contributed by atoms with Gasteiger partial charge in [0.2, 0.25) is 5.82 Å². The third-order valence-electron chi connectivity index (χ3n) is 2.96. The van der Waals surface area contributed by atoms with Crippen LogP contribution in [0.2, 0.25) is 0 Å². The quantitative estimate of drug-likeness (QED) is 0.512. The molecule has 0 radical (unpaired) electrons. The van der Waals surface area contributed by atoms with E-state index in [1.54, 1.807) is 24.3 Å². The Morgan fingerprint density at radius 3 is 2.48 bits per heavy atom. The van der Waals surface area contributed by atoms with E-state index in [1.807, 2.05) is 6.92 Å². The van der Waals surface area contributed by atoms with Crippen molar-refractivity contribution < 1.29 is 14.1 Å². The van der Waals surface area contributed by atoms with Crippen LogP contribution in [0.5, 0.6) is 0 Å². The number of rotatable bonds is 3. The summed E-state index contributed by atoms with van der Waals surface area (Å²) in [7, 11) is 0. The lowest BCUT2D eigenvalue weighted by molar-refractivity contribution is -0.387. The number of hydrogen-bond donors (Lipinski definition) is 2. The van der Waals surface area contributed by atoms with E-state index >= 15 is 0 Å². The molecule has 0 aliphatic heterocycles. The molecule has 2 rings (SSSR count). The fraction of sp³-hybridized carbons (Fsp3) is 0.0667. The molecule has 0 saturated heterocycles. The minimum Gasteiger partial charge on any atom is -0.330 e. The third-order valence-corrected chi connectivity index (χ3v) is 3.17. The van der Waals surface area contributed by atoms with Crippen LogP contribution in [-0.4, -0.2) is 15.9 Å². The summed E-state index contributed by atoms with van der Waals surface area (Å²) in [5.74, 6) is -1.52. The van der Waals surface area contributed by atoms with Crippen molar-refractivity contribution in [3.63, 3.8) is 0 Å². The predicted molar refractivity (Wildman–Crippen MR) is 87.9 cm³/mol. The largest absolute Gasteiger partial charge is 0.330 e. The van der Waals surface area contributed by atoms with E-state index in [4.69, 9.17) is 12.2 Å². The summed E-state index contributed by atoms with van der Waals surface area (Å²) < 4.78 is 13.9. The number of carbonyl (C=O) groups excluding carboxylic acids is 1. The van der Waals surface area contributed by atoms with Gasteiger partial charge in [-0.2, -0.15) is 4.39 Å². The molecule has 23 heavy (non-hydrogen) atoms. The molecule has 2 aromatic rings. The molecular weight excluding hydrogens is 321 g/mol. The van der Waals surface area contributed by atoms with Crippen LogP contribution >= 0.6 is 12.2 Å². The van der Waals surface area contributed by atoms with E-state index in [0.717, 1.165) is 11.6 Å². The van der Waals surface area contributed by atoms with Crippen molar-refractivity contribution >= 4 is 34.6 Å². The second-order valence-corrected chi connectivity index (χ2v) is 5.08. The predicted octanol–water partition coefficient (Wildman–Crippen LogP) is 3.17. The molecule has 8 heteroatoms. The summed E-state index contributed by atoms with van der Waals surface area (Å²) in [6.45, 7) is 1.89. The van der Waals surface area contributed by atoms with Crippen LogP contribution in [0.25, 0.3) is 0 Å². The van der Waals surface area contributed by atoms with Crippen molar-refractivity contribution in [1.82, 2.24) is 5.32 Å². The number of hydrogen-bond acceptors (Lipinski definition) is 4. The van der Waals surface area contributed by atoms with Gasteiger partial charge in [0, 0.05) is 11.6 Å². The molecule has 0 atom stereocenters. The highest BCUT2D eigenvalue weighted by molar-refractivity contribution is 7.80. The number of benzene rings is 2. The average molecular weight is 333 g/mol. The molecule has 0 bridgehead atoms. The van der Waals surface area contributed by atoms with Crippen molar-refractivity contribution in [3.05, 3.63) is 69.5 Å². The van der Waals surface area contributed by atoms with Crippen LogP contribution in [0.4, 0.5) is 15.8 Å². The molecule has 0 fully saturated rings. The Morgan fingerprint density at radius 1 is 1.22 bits per heavy atom. The maximum absolute atomic E-state index is 13.9. The molecule has 118 valence electrons. The van der Waals surface area contributed by atoms with Gasteiger partial charge >= 0.3 is 5.69 Å². The third kappa shape index (κ3) is 4.07. The number of nitrogens with zero attached hydrogens (tertiary/aromatic N) is 1. The Labute approximate surface area is 136 Å². The van der Waals surface area contributed by atoms with Gasteiger partial charge < -0.3 is 5.32 Å². The lowest BCUT2D eigenvalue weighted by Gasteiger charge is -2.10. The van der Waals surface area contributed by atoms with Crippen LogP contribution < -0.4 is 10.6 Å². The normalized spacial score (nSPS) is 10.0. The Bertz CT molecular complexity index is 778. The molecule has 2 aromatic carbocycles. The summed E-state index contributed by atoms with van der Waals surface area (Å²) in [5.41, 5.74) is 0.524. The Balaban J connectivity index is 2.08. The minimum atomic E-state index is -1.05. The fourth-order valence-corrected chi connectivity index (χ4v) is 1.99. The van der Waals surface area contributed by atoms with Gasteiger partial charge in [-0.15, -0.1) is 0 Å². The monoisotopic (exact) mass is 333 g/mol. The number of amides is 1. The topological polar surface area (TPSA) is 84.3 Å². The molecule has 0 aliphatic carbocycles. The van der Waals surface area contributed by atoms with Gasteiger partial charge in [-0.1, -0.05) is 23.8 Å². The van der Waals surface area contributed by atoms with Crippen LogP contribution in [-0.2, 0) is 0 Å². The highest BCUT2D eigenvalue weighted by atomic mass is 32.1.